The van der Waals surface area contributed by atoms with Gasteiger partial charge in [0, 0.05) is 17.1 Å². The highest BCUT2D eigenvalue weighted by molar-refractivity contribution is 7.09. The van der Waals surface area contributed by atoms with Gasteiger partial charge in [-0.3, -0.25) is 10.1 Å². The van der Waals surface area contributed by atoms with E-state index in [4.69, 9.17) is 0 Å². The van der Waals surface area contributed by atoms with Gasteiger partial charge in [0.25, 0.3) is 0 Å². The average Bonchev–Trinajstić information content (AvgIpc) is 3.21. The van der Waals surface area contributed by atoms with Crippen LogP contribution < -0.4 is 16.0 Å². The lowest BCUT2D eigenvalue weighted by atomic mass is 10.1. The number of nitrogens with one attached hydrogen (secondary N) is 3. The van der Waals surface area contributed by atoms with E-state index >= 15 is 0 Å². The first kappa shape index (κ1) is 18.7. The Morgan fingerprint density at radius 1 is 0.852 bits per heavy atom. The summed E-state index contributed by atoms with van der Waals surface area (Å²) in [5, 5.41) is 10.0. The number of carbonyl (C=O) groups excluding carboxylic acids is 2. The molecule has 0 bridgehead atoms. The first-order valence-electron chi connectivity index (χ1n) is 8.70. The summed E-state index contributed by atoms with van der Waals surface area (Å²) in [4.78, 5) is 24.8. The van der Waals surface area contributed by atoms with Crippen LogP contribution in [0, 0.1) is 0 Å². The van der Waals surface area contributed by atoms with Gasteiger partial charge in [-0.15, -0.1) is 11.3 Å². The number of hydrogen-bond donors (Lipinski definition) is 3. The van der Waals surface area contributed by atoms with Crippen molar-refractivity contribution in [2.45, 2.75) is 6.42 Å². The topological polar surface area (TPSA) is 70.2 Å². The third-order valence-electron chi connectivity index (χ3n) is 3.94. The Bertz CT molecular complexity index is 862. The number of thiophene rings is 1. The van der Waals surface area contributed by atoms with Crippen LogP contribution in [-0.4, -0.2) is 25.0 Å². The number of carbonyl (C=O) groups is 2. The Morgan fingerprint density at radius 3 is 2.30 bits per heavy atom. The lowest BCUT2D eigenvalue weighted by molar-refractivity contribution is -0.118. The molecule has 5 nitrogen and oxygen atoms in total. The fraction of sp³-hybridized carbons (Fsp3) is 0.143. The summed E-state index contributed by atoms with van der Waals surface area (Å²) in [6, 6.07) is 21.4. The number of benzene rings is 2. The van der Waals surface area contributed by atoms with E-state index in [9.17, 15) is 9.59 Å². The van der Waals surface area contributed by atoms with E-state index in [-0.39, 0.29) is 12.5 Å². The summed E-state index contributed by atoms with van der Waals surface area (Å²) in [6.07, 6.45) is 0.755. The number of rotatable bonds is 7. The highest BCUT2D eigenvalue weighted by atomic mass is 32.1. The molecule has 0 aliphatic carbocycles. The van der Waals surface area contributed by atoms with Crippen molar-refractivity contribution in [3.63, 3.8) is 0 Å². The van der Waals surface area contributed by atoms with Crippen molar-refractivity contribution in [2.24, 2.45) is 0 Å². The van der Waals surface area contributed by atoms with Gasteiger partial charge in [0.05, 0.1) is 6.54 Å². The summed E-state index contributed by atoms with van der Waals surface area (Å²) in [6.45, 7) is 0.525. The molecule has 0 fully saturated rings. The molecule has 1 aromatic heterocycles. The molecule has 0 saturated heterocycles. The number of imide groups is 1. The number of anilines is 1. The Morgan fingerprint density at radius 2 is 1.59 bits per heavy atom. The summed E-state index contributed by atoms with van der Waals surface area (Å²) in [7, 11) is 0. The Kier molecular flexibility index (Phi) is 6.60. The van der Waals surface area contributed by atoms with Crippen LogP contribution >= 0.6 is 11.3 Å². The van der Waals surface area contributed by atoms with Gasteiger partial charge >= 0.3 is 6.03 Å². The van der Waals surface area contributed by atoms with Gasteiger partial charge in [-0.05, 0) is 41.1 Å². The molecule has 3 N–H and O–H groups in total. The van der Waals surface area contributed by atoms with E-state index in [0.717, 1.165) is 23.2 Å². The molecule has 0 unspecified atom stereocenters. The predicted molar refractivity (Wildman–Crippen MR) is 110 cm³/mol. The zero-order chi connectivity index (χ0) is 18.9. The van der Waals surface area contributed by atoms with Gasteiger partial charge in [0.1, 0.15) is 0 Å². The Hall–Kier alpha value is -3.12. The Labute approximate surface area is 162 Å². The quantitative estimate of drug-likeness (QED) is 0.583. The van der Waals surface area contributed by atoms with Gasteiger partial charge in [0.2, 0.25) is 5.91 Å². The molecule has 1 heterocycles. The first-order chi connectivity index (χ1) is 13.2. The van der Waals surface area contributed by atoms with Crippen LogP contribution in [0.2, 0.25) is 0 Å². The van der Waals surface area contributed by atoms with E-state index in [0.29, 0.717) is 6.54 Å². The smallest absolute Gasteiger partial charge is 0.321 e. The van der Waals surface area contributed by atoms with Crippen molar-refractivity contribution < 1.29 is 9.59 Å². The molecule has 138 valence electrons. The zero-order valence-corrected chi connectivity index (χ0v) is 15.6. The standard InChI is InChI=1S/C21H21N3O2S/c25-20(24-21(26)22-13-12-19-7-4-14-27-19)15-23-18-10-8-17(9-11-18)16-5-2-1-3-6-16/h1-11,14,23H,12-13,15H2,(H2,22,24,25,26). The van der Waals surface area contributed by atoms with Crippen molar-refractivity contribution in [3.05, 3.63) is 77.0 Å². The average molecular weight is 379 g/mol. The van der Waals surface area contributed by atoms with Crippen LogP contribution in [0.4, 0.5) is 10.5 Å². The van der Waals surface area contributed by atoms with Crippen LogP contribution in [0.3, 0.4) is 0 Å². The lowest BCUT2D eigenvalue weighted by Gasteiger charge is -2.09. The monoisotopic (exact) mass is 379 g/mol. The first-order valence-corrected chi connectivity index (χ1v) is 9.58. The number of amides is 3. The minimum atomic E-state index is -0.474. The zero-order valence-electron chi connectivity index (χ0n) is 14.8. The van der Waals surface area contributed by atoms with Crippen molar-refractivity contribution in [1.29, 1.82) is 0 Å². The SMILES string of the molecule is O=C(CNc1ccc(-c2ccccc2)cc1)NC(=O)NCCc1cccs1. The molecule has 27 heavy (non-hydrogen) atoms. The molecule has 3 rings (SSSR count). The van der Waals surface area contributed by atoms with Crippen LogP contribution in [-0.2, 0) is 11.2 Å². The number of urea groups is 1. The van der Waals surface area contributed by atoms with Crippen LogP contribution in [0.5, 0.6) is 0 Å². The second kappa shape index (κ2) is 9.54. The minimum absolute atomic E-state index is 0.0308. The third kappa shape index (κ3) is 5.97. The summed E-state index contributed by atoms with van der Waals surface area (Å²) >= 11 is 1.65. The molecule has 3 amide bonds. The van der Waals surface area contributed by atoms with E-state index in [1.165, 1.54) is 4.88 Å². The molecule has 3 aromatic rings. The molecule has 2 aromatic carbocycles. The molecule has 0 radical (unpaired) electrons. The Balaban J connectivity index is 1.39. The molecule has 0 atom stereocenters. The van der Waals surface area contributed by atoms with Gasteiger partial charge in [-0.25, -0.2) is 4.79 Å². The predicted octanol–water partition coefficient (Wildman–Crippen LogP) is 3.90. The molecule has 0 saturated carbocycles. The van der Waals surface area contributed by atoms with Crippen LogP contribution in [0.15, 0.2) is 72.1 Å². The van der Waals surface area contributed by atoms with E-state index < -0.39 is 6.03 Å². The highest BCUT2D eigenvalue weighted by Gasteiger charge is 2.07. The van der Waals surface area contributed by atoms with Crippen LogP contribution in [0.25, 0.3) is 11.1 Å². The lowest BCUT2D eigenvalue weighted by Crippen LogP contribution is -2.42. The van der Waals surface area contributed by atoms with Crippen molar-refractivity contribution in [3.8, 4) is 11.1 Å². The minimum Gasteiger partial charge on any atom is -0.376 e. The van der Waals surface area contributed by atoms with Crippen molar-refractivity contribution in [1.82, 2.24) is 10.6 Å². The van der Waals surface area contributed by atoms with Gasteiger partial charge < -0.3 is 10.6 Å². The van der Waals surface area contributed by atoms with Gasteiger partial charge in [-0.2, -0.15) is 0 Å². The normalized spacial score (nSPS) is 10.2. The highest BCUT2D eigenvalue weighted by Crippen LogP contribution is 2.20. The van der Waals surface area contributed by atoms with Crippen molar-refractivity contribution >= 4 is 29.0 Å². The van der Waals surface area contributed by atoms with E-state index in [2.05, 4.69) is 16.0 Å². The molecule has 0 spiro atoms. The number of hydrogen-bond acceptors (Lipinski definition) is 4. The van der Waals surface area contributed by atoms with E-state index in [1.807, 2.05) is 72.1 Å². The fourth-order valence-electron chi connectivity index (χ4n) is 2.56. The summed E-state index contributed by atoms with van der Waals surface area (Å²) in [5.74, 6) is -0.379. The summed E-state index contributed by atoms with van der Waals surface area (Å²) in [5.41, 5.74) is 3.07. The van der Waals surface area contributed by atoms with Gasteiger partial charge in [-0.1, -0.05) is 48.5 Å². The second-order valence-corrected chi connectivity index (χ2v) is 6.96. The second-order valence-electron chi connectivity index (χ2n) is 5.93. The third-order valence-corrected chi connectivity index (χ3v) is 4.87. The maximum Gasteiger partial charge on any atom is 0.321 e. The molecule has 0 aliphatic rings. The largest absolute Gasteiger partial charge is 0.376 e. The van der Waals surface area contributed by atoms with E-state index in [1.54, 1.807) is 11.3 Å². The molecular formula is C21H21N3O2S. The van der Waals surface area contributed by atoms with Crippen molar-refractivity contribution in [2.75, 3.05) is 18.4 Å². The maximum absolute atomic E-state index is 11.9. The summed E-state index contributed by atoms with van der Waals surface area (Å²) < 4.78 is 0. The fourth-order valence-corrected chi connectivity index (χ4v) is 3.27. The van der Waals surface area contributed by atoms with Crippen LogP contribution in [0.1, 0.15) is 4.88 Å². The molecular weight excluding hydrogens is 358 g/mol. The molecule has 6 heteroatoms. The molecule has 0 aliphatic heterocycles. The maximum atomic E-state index is 11.9. The van der Waals surface area contributed by atoms with Gasteiger partial charge in [0.15, 0.2) is 0 Å².